The van der Waals surface area contributed by atoms with Crippen molar-refractivity contribution in [2.24, 2.45) is 5.92 Å². The van der Waals surface area contributed by atoms with Crippen molar-refractivity contribution in [3.8, 4) is 0 Å². The third-order valence-corrected chi connectivity index (χ3v) is 6.19. The van der Waals surface area contributed by atoms with E-state index < -0.39 is 10.0 Å². The maximum absolute atomic E-state index is 12.5. The van der Waals surface area contributed by atoms with Crippen LogP contribution in [-0.4, -0.2) is 14.5 Å². The minimum Gasteiger partial charge on any atom is -0.398 e. The fourth-order valence-electron chi connectivity index (χ4n) is 2.78. The smallest absolute Gasteiger partial charge is 0.241 e. The van der Waals surface area contributed by atoms with E-state index in [1.165, 1.54) is 12.5 Å². The summed E-state index contributed by atoms with van der Waals surface area (Å²) in [5, 5.41) is 0. The lowest BCUT2D eigenvalue weighted by Gasteiger charge is -2.27. The monoisotopic (exact) mass is 360 g/mol. The van der Waals surface area contributed by atoms with Crippen LogP contribution in [0.1, 0.15) is 38.2 Å². The number of nitrogens with two attached hydrogens (primary N) is 1. The van der Waals surface area contributed by atoms with E-state index in [9.17, 15) is 8.42 Å². The number of hydrogen-bond acceptors (Lipinski definition) is 3. The molecule has 1 aliphatic carbocycles. The molecule has 3 N–H and O–H groups in total. The topological polar surface area (TPSA) is 72.2 Å². The van der Waals surface area contributed by atoms with Gasteiger partial charge < -0.3 is 5.73 Å². The van der Waals surface area contributed by atoms with Gasteiger partial charge in [-0.25, -0.2) is 13.1 Å². The molecule has 1 aliphatic rings. The third-order valence-electron chi connectivity index (χ3n) is 3.84. The summed E-state index contributed by atoms with van der Waals surface area (Å²) >= 11 is 3.31. The van der Waals surface area contributed by atoms with Crippen LogP contribution < -0.4 is 10.5 Å². The number of rotatable bonds is 3. The SMILES string of the molecule is Cc1cc(Br)c(N)cc1S(=O)(=O)NC1CCCC(C)C1. The average Bonchev–Trinajstić information content (AvgIpc) is 2.33. The Labute approximate surface area is 129 Å². The number of hydrogen-bond donors (Lipinski definition) is 2. The Morgan fingerprint density at radius 2 is 2.05 bits per heavy atom. The molecule has 2 rings (SSSR count). The van der Waals surface area contributed by atoms with Gasteiger partial charge in [0.25, 0.3) is 0 Å². The summed E-state index contributed by atoms with van der Waals surface area (Å²) in [7, 11) is -3.50. The summed E-state index contributed by atoms with van der Waals surface area (Å²) in [5.74, 6) is 0.576. The Morgan fingerprint density at radius 3 is 2.70 bits per heavy atom. The number of benzene rings is 1. The van der Waals surface area contributed by atoms with E-state index in [1.54, 1.807) is 13.0 Å². The number of nitrogens with one attached hydrogen (secondary N) is 1. The van der Waals surface area contributed by atoms with Gasteiger partial charge in [-0.05, 0) is 59.3 Å². The Hall–Kier alpha value is -0.590. The van der Waals surface area contributed by atoms with Gasteiger partial charge in [0.05, 0.1) is 4.90 Å². The molecule has 4 nitrogen and oxygen atoms in total. The molecular weight excluding hydrogens is 340 g/mol. The highest BCUT2D eigenvalue weighted by Gasteiger charge is 2.26. The standard InChI is InChI=1S/C14H21BrN2O2S/c1-9-4-3-5-11(6-9)17-20(18,19)14-8-13(16)12(15)7-10(14)2/h7-9,11,17H,3-6,16H2,1-2H3. The molecule has 1 saturated carbocycles. The van der Waals surface area contributed by atoms with E-state index in [-0.39, 0.29) is 10.9 Å². The first-order chi connectivity index (χ1) is 9.29. The molecule has 112 valence electrons. The molecule has 1 fully saturated rings. The predicted molar refractivity (Wildman–Crippen MR) is 85.0 cm³/mol. The molecule has 0 heterocycles. The van der Waals surface area contributed by atoms with Crippen molar-refractivity contribution in [3.05, 3.63) is 22.2 Å². The number of nitrogen functional groups attached to an aromatic ring is 1. The maximum atomic E-state index is 12.5. The van der Waals surface area contributed by atoms with Gasteiger partial charge in [-0.3, -0.25) is 0 Å². The van der Waals surface area contributed by atoms with Gasteiger partial charge in [-0.15, -0.1) is 0 Å². The van der Waals surface area contributed by atoms with Crippen LogP contribution in [-0.2, 0) is 10.0 Å². The van der Waals surface area contributed by atoms with Crippen molar-refractivity contribution in [1.82, 2.24) is 4.72 Å². The summed E-state index contributed by atoms with van der Waals surface area (Å²) in [6, 6.07) is 3.30. The molecule has 2 atom stereocenters. The molecule has 0 radical (unpaired) electrons. The van der Waals surface area contributed by atoms with Crippen LogP contribution >= 0.6 is 15.9 Å². The van der Waals surface area contributed by atoms with E-state index in [0.29, 0.717) is 17.2 Å². The van der Waals surface area contributed by atoms with Crippen LogP contribution in [0.3, 0.4) is 0 Å². The number of halogens is 1. The summed E-state index contributed by atoms with van der Waals surface area (Å²) in [4.78, 5) is 0.274. The van der Waals surface area contributed by atoms with Gasteiger partial charge in [0.15, 0.2) is 0 Å². The van der Waals surface area contributed by atoms with E-state index in [4.69, 9.17) is 5.73 Å². The van der Waals surface area contributed by atoms with Crippen molar-refractivity contribution in [3.63, 3.8) is 0 Å². The minimum atomic E-state index is -3.50. The maximum Gasteiger partial charge on any atom is 0.241 e. The van der Waals surface area contributed by atoms with Gasteiger partial charge in [0, 0.05) is 16.2 Å². The van der Waals surface area contributed by atoms with Crippen LogP contribution in [0.15, 0.2) is 21.5 Å². The van der Waals surface area contributed by atoms with E-state index in [2.05, 4.69) is 27.6 Å². The fraction of sp³-hybridized carbons (Fsp3) is 0.571. The van der Waals surface area contributed by atoms with E-state index in [1.807, 2.05) is 0 Å². The molecule has 0 aliphatic heterocycles. The molecule has 6 heteroatoms. The summed E-state index contributed by atoms with van der Waals surface area (Å²) in [6.45, 7) is 3.95. The van der Waals surface area contributed by atoms with Gasteiger partial charge in [-0.1, -0.05) is 19.8 Å². The second kappa shape index (κ2) is 6.03. The first kappa shape index (κ1) is 15.8. The van der Waals surface area contributed by atoms with Crippen LogP contribution in [0.5, 0.6) is 0 Å². The molecular formula is C14H21BrN2O2S. The van der Waals surface area contributed by atoms with Crippen LogP contribution in [0.4, 0.5) is 5.69 Å². The molecule has 0 bridgehead atoms. The zero-order valence-corrected chi connectivity index (χ0v) is 14.2. The second-order valence-electron chi connectivity index (χ2n) is 5.73. The molecule has 0 spiro atoms. The number of anilines is 1. The highest BCUT2D eigenvalue weighted by molar-refractivity contribution is 9.10. The van der Waals surface area contributed by atoms with E-state index in [0.717, 1.165) is 23.7 Å². The van der Waals surface area contributed by atoms with Crippen molar-refractivity contribution < 1.29 is 8.42 Å². The predicted octanol–water partition coefficient (Wildman–Crippen LogP) is 3.20. The first-order valence-corrected chi connectivity index (χ1v) is 9.15. The lowest BCUT2D eigenvalue weighted by Crippen LogP contribution is -2.38. The summed E-state index contributed by atoms with van der Waals surface area (Å²) in [6.07, 6.45) is 4.08. The van der Waals surface area contributed by atoms with Crippen molar-refractivity contribution in [2.75, 3.05) is 5.73 Å². The average molecular weight is 361 g/mol. The van der Waals surface area contributed by atoms with Crippen molar-refractivity contribution in [2.45, 2.75) is 50.5 Å². The summed E-state index contributed by atoms with van der Waals surface area (Å²) < 4.78 is 28.6. The van der Waals surface area contributed by atoms with Gasteiger partial charge >= 0.3 is 0 Å². The molecule has 1 aromatic rings. The minimum absolute atomic E-state index is 0.0352. The number of aryl methyl sites for hydroxylation is 1. The lowest BCUT2D eigenvalue weighted by atomic mass is 9.88. The third kappa shape index (κ3) is 3.54. The van der Waals surface area contributed by atoms with Crippen LogP contribution in [0, 0.1) is 12.8 Å². The van der Waals surface area contributed by atoms with E-state index >= 15 is 0 Å². The lowest BCUT2D eigenvalue weighted by molar-refractivity contribution is 0.327. The highest BCUT2D eigenvalue weighted by Crippen LogP contribution is 2.28. The quantitative estimate of drug-likeness (QED) is 0.812. The van der Waals surface area contributed by atoms with Gasteiger partial charge in [-0.2, -0.15) is 0 Å². The number of sulfonamides is 1. The molecule has 0 amide bonds. The Bertz CT molecular complexity index is 601. The molecule has 20 heavy (non-hydrogen) atoms. The van der Waals surface area contributed by atoms with Crippen LogP contribution in [0.25, 0.3) is 0 Å². The Morgan fingerprint density at radius 1 is 1.35 bits per heavy atom. The molecule has 0 aromatic heterocycles. The first-order valence-electron chi connectivity index (χ1n) is 6.87. The van der Waals surface area contributed by atoms with Gasteiger partial charge in [0.1, 0.15) is 0 Å². The Balaban J connectivity index is 2.24. The molecule has 2 unspecified atom stereocenters. The fourth-order valence-corrected chi connectivity index (χ4v) is 4.78. The Kier molecular flexibility index (Phi) is 4.76. The largest absolute Gasteiger partial charge is 0.398 e. The van der Waals surface area contributed by atoms with Crippen LogP contribution in [0.2, 0.25) is 0 Å². The van der Waals surface area contributed by atoms with Crippen molar-refractivity contribution in [1.29, 1.82) is 0 Å². The van der Waals surface area contributed by atoms with Gasteiger partial charge in [0.2, 0.25) is 10.0 Å². The highest BCUT2D eigenvalue weighted by atomic mass is 79.9. The zero-order chi connectivity index (χ0) is 14.9. The molecule has 0 saturated heterocycles. The molecule has 1 aromatic carbocycles. The zero-order valence-electron chi connectivity index (χ0n) is 11.8. The van der Waals surface area contributed by atoms with Crippen molar-refractivity contribution >= 4 is 31.6 Å². The normalized spacial score (nSPS) is 23.8. The summed E-state index contributed by atoms with van der Waals surface area (Å²) in [5.41, 5.74) is 6.94. The second-order valence-corrected chi connectivity index (χ2v) is 8.27.